The Bertz CT molecular complexity index is 468. The predicted molar refractivity (Wildman–Crippen MR) is 73.4 cm³/mol. The summed E-state index contributed by atoms with van der Waals surface area (Å²) < 4.78 is 2.05. The zero-order valence-electron chi connectivity index (χ0n) is 11.6. The number of hydrogen-bond donors (Lipinski definition) is 1. The van der Waals surface area contributed by atoms with Crippen molar-refractivity contribution in [3.8, 4) is 0 Å². The number of carboxylic acids is 1. The Labute approximate surface area is 117 Å². The fourth-order valence-corrected chi connectivity index (χ4v) is 3.11. The molecule has 1 aliphatic carbocycles. The number of aliphatic carboxylic acids is 1. The second-order valence-electron chi connectivity index (χ2n) is 5.27. The van der Waals surface area contributed by atoms with Crippen LogP contribution in [0.5, 0.6) is 0 Å². The molecule has 0 amide bonds. The Kier molecular flexibility index (Phi) is 4.15. The van der Waals surface area contributed by atoms with Gasteiger partial charge in [0.2, 0.25) is 0 Å². The van der Waals surface area contributed by atoms with Crippen LogP contribution in [0.3, 0.4) is 0 Å². The van der Waals surface area contributed by atoms with Crippen LogP contribution in [0.1, 0.15) is 25.1 Å². The van der Waals surface area contributed by atoms with Gasteiger partial charge in [0.25, 0.3) is 0 Å². The van der Waals surface area contributed by atoms with Gasteiger partial charge in [-0.2, -0.15) is 0 Å². The molecule has 0 aliphatic heterocycles. The molecule has 7 heteroatoms. The minimum absolute atomic E-state index is 0.0209. The first kappa shape index (κ1) is 14.3. The monoisotopic (exact) mass is 284 g/mol. The van der Waals surface area contributed by atoms with Crippen molar-refractivity contribution >= 4 is 17.7 Å². The molecule has 6 nitrogen and oxygen atoms in total. The van der Waals surface area contributed by atoms with Gasteiger partial charge in [-0.15, -0.1) is 10.2 Å². The molecule has 2 rings (SSSR count). The molecule has 0 atom stereocenters. The minimum Gasteiger partial charge on any atom is -0.481 e. The van der Waals surface area contributed by atoms with Crippen molar-refractivity contribution in [3.63, 3.8) is 0 Å². The lowest BCUT2D eigenvalue weighted by molar-refractivity contribution is -0.133. The summed E-state index contributed by atoms with van der Waals surface area (Å²) in [6.45, 7) is 2.75. The molecule has 106 valence electrons. The van der Waals surface area contributed by atoms with E-state index in [-0.39, 0.29) is 11.3 Å². The molecule has 0 unspecified atom stereocenters. The fourth-order valence-electron chi connectivity index (χ4n) is 2.40. The lowest BCUT2D eigenvalue weighted by atomic mass is 9.75. The van der Waals surface area contributed by atoms with Crippen LogP contribution in [0.4, 0.5) is 0 Å². The third-order valence-electron chi connectivity index (χ3n) is 3.91. The van der Waals surface area contributed by atoms with Gasteiger partial charge in [-0.05, 0) is 40.3 Å². The second kappa shape index (κ2) is 5.50. The smallest absolute Gasteiger partial charge is 0.313 e. The van der Waals surface area contributed by atoms with E-state index in [0.717, 1.165) is 12.4 Å². The number of thioether (sulfide) groups is 1. The number of rotatable bonds is 6. The van der Waals surface area contributed by atoms with E-state index >= 15 is 0 Å². The van der Waals surface area contributed by atoms with E-state index in [1.807, 2.05) is 11.5 Å². The maximum atomic E-state index is 10.7. The first-order chi connectivity index (χ1) is 8.94. The molecular formula is C12H20N4O2S. The molecule has 0 aromatic carbocycles. The topological polar surface area (TPSA) is 71.2 Å². The average Bonchev–Trinajstić information content (AvgIpc) is 2.61. The predicted octanol–water partition coefficient (Wildman–Crippen LogP) is 1.25. The van der Waals surface area contributed by atoms with Crippen LogP contribution in [-0.4, -0.2) is 56.1 Å². The molecule has 1 heterocycles. The van der Waals surface area contributed by atoms with Crippen molar-refractivity contribution < 1.29 is 9.90 Å². The molecule has 1 aromatic rings. The molecule has 1 N–H and O–H groups in total. The zero-order valence-corrected chi connectivity index (χ0v) is 12.4. The van der Waals surface area contributed by atoms with Crippen LogP contribution in [-0.2, 0) is 11.3 Å². The highest BCUT2D eigenvalue weighted by atomic mass is 32.2. The van der Waals surface area contributed by atoms with Crippen LogP contribution < -0.4 is 0 Å². The summed E-state index contributed by atoms with van der Waals surface area (Å²) in [7, 11) is 4.20. The molecule has 19 heavy (non-hydrogen) atoms. The van der Waals surface area contributed by atoms with Crippen LogP contribution in [0.25, 0.3) is 0 Å². The Morgan fingerprint density at radius 2 is 2.16 bits per heavy atom. The number of likely N-dealkylation sites (N-methyl/N-ethyl adjacent to an activating group) is 1. The van der Waals surface area contributed by atoms with Crippen molar-refractivity contribution in [3.05, 3.63) is 5.82 Å². The van der Waals surface area contributed by atoms with E-state index in [1.165, 1.54) is 31.0 Å². The minimum atomic E-state index is -0.830. The summed E-state index contributed by atoms with van der Waals surface area (Å²) in [5.41, 5.74) is 0.172. The molecule has 0 bridgehead atoms. The van der Waals surface area contributed by atoms with Crippen molar-refractivity contribution in [2.24, 2.45) is 0 Å². The maximum absolute atomic E-state index is 10.7. The van der Waals surface area contributed by atoms with Gasteiger partial charge in [-0.3, -0.25) is 4.79 Å². The van der Waals surface area contributed by atoms with Crippen molar-refractivity contribution in [2.75, 3.05) is 19.8 Å². The van der Waals surface area contributed by atoms with E-state index < -0.39 is 5.97 Å². The molecule has 1 aromatic heterocycles. The van der Waals surface area contributed by atoms with Crippen LogP contribution in [0, 0.1) is 6.92 Å². The van der Waals surface area contributed by atoms with Crippen LogP contribution >= 0.6 is 11.8 Å². The highest BCUT2D eigenvalue weighted by molar-refractivity contribution is 7.99. The summed E-state index contributed by atoms with van der Waals surface area (Å²) >= 11 is 1.23. The molecule has 1 fully saturated rings. The highest BCUT2D eigenvalue weighted by Gasteiger charge is 2.40. The quantitative estimate of drug-likeness (QED) is 0.793. The van der Waals surface area contributed by atoms with Crippen LogP contribution in [0.2, 0.25) is 0 Å². The Morgan fingerprint density at radius 1 is 1.47 bits per heavy atom. The Hall–Kier alpha value is -1.08. The first-order valence-electron chi connectivity index (χ1n) is 6.36. The summed E-state index contributed by atoms with van der Waals surface area (Å²) in [6.07, 6.45) is 3.58. The van der Waals surface area contributed by atoms with Gasteiger partial charge in [0.1, 0.15) is 5.82 Å². The number of nitrogens with zero attached hydrogens (tertiary/aromatic N) is 4. The Morgan fingerprint density at radius 3 is 2.63 bits per heavy atom. The molecular weight excluding hydrogens is 264 g/mol. The fraction of sp³-hybridized carbons (Fsp3) is 0.750. The highest BCUT2D eigenvalue weighted by Crippen LogP contribution is 2.38. The lowest BCUT2D eigenvalue weighted by Crippen LogP contribution is -2.53. The third kappa shape index (κ3) is 2.92. The summed E-state index contributed by atoms with van der Waals surface area (Å²) in [5.74, 6) is 0.0387. The first-order valence-corrected chi connectivity index (χ1v) is 7.35. The normalized spacial score (nSPS) is 17.5. The van der Waals surface area contributed by atoms with Gasteiger partial charge < -0.3 is 14.6 Å². The van der Waals surface area contributed by atoms with Crippen molar-refractivity contribution in [2.45, 2.75) is 43.4 Å². The van der Waals surface area contributed by atoms with E-state index in [9.17, 15) is 4.79 Å². The molecule has 0 spiro atoms. The maximum Gasteiger partial charge on any atom is 0.313 e. The second-order valence-corrected chi connectivity index (χ2v) is 6.21. The number of carboxylic acid groups (broad SMARTS) is 1. The molecule has 0 radical (unpaired) electrons. The third-order valence-corrected chi connectivity index (χ3v) is 4.86. The van der Waals surface area contributed by atoms with E-state index in [4.69, 9.17) is 5.11 Å². The van der Waals surface area contributed by atoms with Gasteiger partial charge in [-0.1, -0.05) is 11.8 Å². The SMILES string of the molecule is Cc1nnc(SCC(=O)O)n1CC1(N(C)C)CCC1. The van der Waals surface area contributed by atoms with Crippen molar-refractivity contribution in [1.29, 1.82) is 0 Å². The lowest BCUT2D eigenvalue weighted by Gasteiger charge is -2.47. The van der Waals surface area contributed by atoms with E-state index in [0.29, 0.717) is 5.16 Å². The van der Waals surface area contributed by atoms with Gasteiger partial charge in [0.05, 0.1) is 5.75 Å². The zero-order chi connectivity index (χ0) is 14.0. The van der Waals surface area contributed by atoms with Crippen molar-refractivity contribution in [1.82, 2.24) is 19.7 Å². The number of carbonyl (C=O) groups is 1. The van der Waals surface area contributed by atoms with Gasteiger partial charge in [0.15, 0.2) is 5.16 Å². The molecule has 0 saturated heterocycles. The van der Waals surface area contributed by atoms with E-state index in [2.05, 4.69) is 29.2 Å². The van der Waals surface area contributed by atoms with Crippen LogP contribution in [0.15, 0.2) is 5.16 Å². The number of hydrogen-bond acceptors (Lipinski definition) is 5. The summed E-state index contributed by atoms with van der Waals surface area (Å²) in [4.78, 5) is 12.9. The molecule has 1 aliphatic rings. The average molecular weight is 284 g/mol. The van der Waals surface area contributed by atoms with Gasteiger partial charge in [0, 0.05) is 12.1 Å². The summed E-state index contributed by atoms with van der Waals surface area (Å²) in [6, 6.07) is 0. The van der Waals surface area contributed by atoms with E-state index in [1.54, 1.807) is 0 Å². The summed E-state index contributed by atoms with van der Waals surface area (Å²) in [5, 5.41) is 17.6. The molecule has 1 saturated carbocycles. The Balaban J connectivity index is 2.15. The number of aromatic nitrogens is 3. The largest absolute Gasteiger partial charge is 0.481 e. The number of aryl methyl sites for hydroxylation is 1. The standard InChI is InChI=1S/C12H20N4O2S/c1-9-13-14-11(19-7-10(17)18)16(9)8-12(15(2)3)5-4-6-12/h4-8H2,1-3H3,(H,17,18). The van der Waals surface area contributed by atoms with Gasteiger partial charge >= 0.3 is 5.97 Å². The van der Waals surface area contributed by atoms with Gasteiger partial charge in [-0.25, -0.2) is 0 Å².